The fourth-order valence-corrected chi connectivity index (χ4v) is 1.67. The van der Waals surface area contributed by atoms with Gasteiger partial charge in [-0.1, -0.05) is 0 Å². The standard InChI is InChI=1S/C7H9N5S/c1-8-4-7-9-10-11-12(7)6-2-3-13-5-6/h2-3,5,8H,4H2,1H3. The van der Waals surface area contributed by atoms with Gasteiger partial charge in [0.1, 0.15) is 0 Å². The molecule has 0 atom stereocenters. The summed E-state index contributed by atoms with van der Waals surface area (Å²) in [5.41, 5.74) is 1.01. The number of hydrogen-bond acceptors (Lipinski definition) is 5. The van der Waals surface area contributed by atoms with Gasteiger partial charge in [0.25, 0.3) is 0 Å². The van der Waals surface area contributed by atoms with Crippen molar-refractivity contribution in [3.05, 3.63) is 22.7 Å². The zero-order chi connectivity index (χ0) is 9.10. The highest BCUT2D eigenvalue weighted by Crippen LogP contribution is 2.11. The lowest BCUT2D eigenvalue weighted by atomic mass is 10.5. The van der Waals surface area contributed by atoms with Crippen molar-refractivity contribution < 1.29 is 0 Å². The molecule has 0 radical (unpaired) electrons. The summed E-state index contributed by atoms with van der Waals surface area (Å²) in [7, 11) is 1.87. The lowest BCUT2D eigenvalue weighted by molar-refractivity contribution is 0.710. The van der Waals surface area contributed by atoms with Crippen LogP contribution in [0.5, 0.6) is 0 Å². The molecule has 5 nitrogen and oxygen atoms in total. The molecular weight excluding hydrogens is 186 g/mol. The molecule has 2 rings (SSSR count). The molecule has 2 aromatic heterocycles. The van der Waals surface area contributed by atoms with E-state index >= 15 is 0 Å². The minimum atomic E-state index is 0.669. The first-order chi connectivity index (χ1) is 6.42. The summed E-state index contributed by atoms with van der Waals surface area (Å²) < 4.78 is 1.73. The summed E-state index contributed by atoms with van der Waals surface area (Å²) in [6, 6.07) is 1.99. The Morgan fingerprint density at radius 2 is 2.54 bits per heavy atom. The van der Waals surface area contributed by atoms with Gasteiger partial charge in [-0.2, -0.15) is 16.0 Å². The Kier molecular flexibility index (Phi) is 2.33. The monoisotopic (exact) mass is 195 g/mol. The van der Waals surface area contributed by atoms with E-state index in [-0.39, 0.29) is 0 Å². The quantitative estimate of drug-likeness (QED) is 0.772. The number of rotatable bonds is 3. The van der Waals surface area contributed by atoms with Gasteiger partial charge in [0.2, 0.25) is 0 Å². The van der Waals surface area contributed by atoms with Crippen LogP contribution in [0.3, 0.4) is 0 Å². The molecule has 1 N–H and O–H groups in total. The van der Waals surface area contributed by atoms with Crippen LogP contribution >= 0.6 is 11.3 Å². The Bertz CT molecular complexity index is 366. The van der Waals surface area contributed by atoms with Gasteiger partial charge in [-0.25, -0.2) is 0 Å². The van der Waals surface area contributed by atoms with Gasteiger partial charge >= 0.3 is 0 Å². The number of hydrogen-bond donors (Lipinski definition) is 1. The molecule has 0 aliphatic heterocycles. The minimum absolute atomic E-state index is 0.669. The molecule has 0 aromatic carbocycles. The van der Waals surface area contributed by atoms with Crippen LogP contribution in [0.4, 0.5) is 0 Å². The summed E-state index contributed by atoms with van der Waals surface area (Å²) in [5.74, 6) is 0.820. The van der Waals surface area contributed by atoms with Gasteiger partial charge in [0.05, 0.1) is 12.2 Å². The van der Waals surface area contributed by atoms with Crippen LogP contribution in [0.2, 0.25) is 0 Å². The predicted molar refractivity (Wildman–Crippen MR) is 49.8 cm³/mol. The van der Waals surface area contributed by atoms with Gasteiger partial charge < -0.3 is 5.32 Å². The summed E-state index contributed by atoms with van der Waals surface area (Å²) in [5, 5.41) is 18.5. The third-order valence-electron chi connectivity index (χ3n) is 1.62. The molecule has 0 bridgehead atoms. The summed E-state index contributed by atoms with van der Waals surface area (Å²) in [4.78, 5) is 0. The second-order valence-corrected chi connectivity index (χ2v) is 3.30. The van der Waals surface area contributed by atoms with Gasteiger partial charge in [0.15, 0.2) is 5.82 Å². The number of tetrazole rings is 1. The van der Waals surface area contributed by atoms with Gasteiger partial charge in [-0.15, -0.1) is 5.10 Å². The number of aromatic nitrogens is 4. The van der Waals surface area contributed by atoms with Crippen molar-refractivity contribution in [3.63, 3.8) is 0 Å². The normalized spacial score (nSPS) is 10.5. The maximum Gasteiger partial charge on any atom is 0.170 e. The predicted octanol–water partition coefficient (Wildman–Crippen LogP) is 0.443. The van der Waals surface area contributed by atoms with Crippen molar-refractivity contribution in [1.29, 1.82) is 0 Å². The lowest BCUT2D eigenvalue weighted by Crippen LogP contribution is -2.11. The van der Waals surface area contributed by atoms with Gasteiger partial charge in [0, 0.05) is 5.38 Å². The first kappa shape index (κ1) is 8.33. The van der Waals surface area contributed by atoms with Crippen molar-refractivity contribution >= 4 is 11.3 Å². The molecule has 6 heteroatoms. The minimum Gasteiger partial charge on any atom is -0.313 e. The number of nitrogens with zero attached hydrogens (tertiary/aromatic N) is 4. The maximum atomic E-state index is 3.91. The topological polar surface area (TPSA) is 55.6 Å². The van der Waals surface area contributed by atoms with Crippen molar-refractivity contribution in [1.82, 2.24) is 25.5 Å². The van der Waals surface area contributed by atoms with Crippen LogP contribution in [0.15, 0.2) is 16.8 Å². The fourth-order valence-electron chi connectivity index (χ4n) is 1.05. The lowest BCUT2D eigenvalue weighted by Gasteiger charge is -1.99. The molecule has 0 unspecified atom stereocenters. The van der Waals surface area contributed by atoms with Crippen LogP contribution in [0, 0.1) is 0 Å². The Hall–Kier alpha value is -1.27. The Morgan fingerprint density at radius 3 is 3.23 bits per heavy atom. The number of thiophene rings is 1. The van der Waals surface area contributed by atoms with E-state index in [1.165, 1.54) is 0 Å². The Morgan fingerprint density at radius 1 is 1.62 bits per heavy atom. The zero-order valence-electron chi connectivity index (χ0n) is 7.14. The molecule has 0 spiro atoms. The van der Waals surface area contributed by atoms with Crippen LogP contribution < -0.4 is 5.32 Å². The molecule has 0 saturated heterocycles. The molecule has 0 aliphatic carbocycles. The van der Waals surface area contributed by atoms with E-state index in [4.69, 9.17) is 0 Å². The number of nitrogens with one attached hydrogen (secondary N) is 1. The van der Waals surface area contributed by atoms with E-state index in [0.29, 0.717) is 6.54 Å². The van der Waals surface area contributed by atoms with Crippen LogP contribution in [-0.2, 0) is 6.54 Å². The Labute approximate surface area is 79.4 Å². The molecule has 0 fully saturated rings. The highest BCUT2D eigenvalue weighted by molar-refractivity contribution is 7.08. The maximum absolute atomic E-state index is 3.91. The van der Waals surface area contributed by atoms with E-state index in [9.17, 15) is 0 Å². The summed E-state index contributed by atoms with van der Waals surface area (Å²) in [6.07, 6.45) is 0. The summed E-state index contributed by atoms with van der Waals surface area (Å²) in [6.45, 7) is 0.669. The average Bonchev–Trinajstić information content (AvgIpc) is 2.71. The van der Waals surface area contributed by atoms with Crippen molar-refractivity contribution in [2.24, 2.45) is 0 Å². The average molecular weight is 195 g/mol. The summed E-state index contributed by atoms with van der Waals surface area (Å²) >= 11 is 1.63. The van der Waals surface area contributed by atoms with E-state index in [1.54, 1.807) is 16.0 Å². The third-order valence-corrected chi connectivity index (χ3v) is 2.29. The second kappa shape index (κ2) is 3.63. The van der Waals surface area contributed by atoms with Crippen molar-refractivity contribution in [3.8, 4) is 5.69 Å². The molecule has 2 heterocycles. The highest BCUT2D eigenvalue weighted by atomic mass is 32.1. The van der Waals surface area contributed by atoms with Crippen molar-refractivity contribution in [2.45, 2.75) is 6.54 Å². The van der Waals surface area contributed by atoms with E-state index in [1.807, 2.05) is 23.9 Å². The molecule has 13 heavy (non-hydrogen) atoms. The molecule has 0 saturated carbocycles. The molecule has 0 amide bonds. The third kappa shape index (κ3) is 1.58. The van der Waals surface area contributed by atoms with Crippen LogP contribution in [-0.4, -0.2) is 27.3 Å². The van der Waals surface area contributed by atoms with Crippen LogP contribution in [0.1, 0.15) is 5.82 Å². The first-order valence-electron chi connectivity index (χ1n) is 3.86. The smallest absolute Gasteiger partial charge is 0.170 e. The van der Waals surface area contributed by atoms with E-state index in [0.717, 1.165) is 11.5 Å². The van der Waals surface area contributed by atoms with Crippen LogP contribution in [0.25, 0.3) is 5.69 Å². The van der Waals surface area contributed by atoms with E-state index < -0.39 is 0 Å². The van der Waals surface area contributed by atoms with E-state index in [2.05, 4.69) is 20.8 Å². The molecule has 2 aromatic rings. The van der Waals surface area contributed by atoms with Gasteiger partial charge in [-0.05, 0) is 28.9 Å². The molecule has 0 aliphatic rings. The largest absolute Gasteiger partial charge is 0.313 e. The zero-order valence-corrected chi connectivity index (χ0v) is 7.95. The van der Waals surface area contributed by atoms with Gasteiger partial charge in [-0.3, -0.25) is 0 Å². The first-order valence-corrected chi connectivity index (χ1v) is 4.80. The molecule has 68 valence electrons. The van der Waals surface area contributed by atoms with Crippen molar-refractivity contribution in [2.75, 3.05) is 7.05 Å². The molecular formula is C7H9N5S. The second-order valence-electron chi connectivity index (χ2n) is 2.52. The fraction of sp³-hybridized carbons (Fsp3) is 0.286. The SMILES string of the molecule is CNCc1nnnn1-c1ccsc1. The Balaban J connectivity index is 2.35. The highest BCUT2D eigenvalue weighted by Gasteiger charge is 2.06.